The highest BCUT2D eigenvalue weighted by Gasteiger charge is 2.21. The number of carbonyl (C=O) groups is 1. The first-order chi connectivity index (χ1) is 8.02. The summed E-state index contributed by atoms with van der Waals surface area (Å²) in [5.74, 6) is 4.55. The largest absolute Gasteiger partial charge is 0.375 e. The normalized spacial score (nSPS) is 8.88. The van der Waals surface area contributed by atoms with Gasteiger partial charge < -0.3 is 5.73 Å². The summed E-state index contributed by atoms with van der Waals surface area (Å²) in [7, 11) is 0. The number of nitriles is 2. The van der Waals surface area contributed by atoms with E-state index in [1.54, 1.807) is 12.1 Å². The van der Waals surface area contributed by atoms with Crippen molar-refractivity contribution in [3.63, 3.8) is 0 Å². The molecule has 0 aromatic heterocycles. The number of hydrazine groups is 1. The van der Waals surface area contributed by atoms with Gasteiger partial charge in [0.05, 0.1) is 16.7 Å². The van der Waals surface area contributed by atoms with Crippen molar-refractivity contribution in [3.05, 3.63) is 34.9 Å². The molecule has 0 aliphatic heterocycles. The summed E-state index contributed by atoms with van der Waals surface area (Å²) >= 11 is 4.55. The predicted molar refractivity (Wildman–Crippen MR) is 63.0 cm³/mol. The van der Waals surface area contributed by atoms with Gasteiger partial charge in [0.15, 0.2) is 5.11 Å². The molecule has 17 heavy (non-hydrogen) atoms. The van der Waals surface area contributed by atoms with E-state index in [1.165, 1.54) is 18.2 Å². The van der Waals surface area contributed by atoms with Gasteiger partial charge in [-0.3, -0.25) is 4.79 Å². The molecular weight excluding hydrogens is 238 g/mol. The first kappa shape index (κ1) is 12.6. The van der Waals surface area contributed by atoms with E-state index in [-0.39, 0.29) is 21.8 Å². The summed E-state index contributed by atoms with van der Waals surface area (Å²) in [6.07, 6.45) is 0. The highest BCUT2D eigenvalue weighted by molar-refractivity contribution is 7.80. The quantitative estimate of drug-likeness (QED) is 0.311. The average Bonchev–Trinajstić information content (AvgIpc) is 2.35. The number of nitrogens with two attached hydrogens (primary N) is 2. The number of nitrogens with zero attached hydrogens (tertiary/aromatic N) is 3. The summed E-state index contributed by atoms with van der Waals surface area (Å²) in [4.78, 5) is 11.9. The third kappa shape index (κ3) is 2.37. The molecule has 0 spiro atoms. The molecule has 0 fully saturated rings. The molecule has 0 saturated heterocycles. The summed E-state index contributed by atoms with van der Waals surface area (Å²) in [6.45, 7) is 0. The van der Waals surface area contributed by atoms with Crippen molar-refractivity contribution in [3.8, 4) is 12.1 Å². The predicted octanol–water partition coefficient (Wildman–Crippen LogP) is -0.0105. The fourth-order valence-electron chi connectivity index (χ4n) is 1.19. The van der Waals surface area contributed by atoms with Crippen LogP contribution in [0.1, 0.15) is 21.5 Å². The minimum atomic E-state index is -0.786. The Morgan fingerprint density at radius 1 is 1.29 bits per heavy atom. The van der Waals surface area contributed by atoms with Crippen LogP contribution in [-0.4, -0.2) is 16.0 Å². The van der Waals surface area contributed by atoms with Gasteiger partial charge in [-0.2, -0.15) is 10.5 Å². The third-order valence-electron chi connectivity index (χ3n) is 1.98. The lowest BCUT2D eigenvalue weighted by Crippen LogP contribution is -2.46. The Balaban J connectivity index is 3.41. The van der Waals surface area contributed by atoms with Gasteiger partial charge in [0, 0.05) is 0 Å². The van der Waals surface area contributed by atoms with Crippen molar-refractivity contribution in [1.82, 2.24) is 5.01 Å². The number of amides is 1. The lowest BCUT2D eigenvalue weighted by Gasteiger charge is -2.15. The van der Waals surface area contributed by atoms with Gasteiger partial charge in [-0.15, -0.1) is 0 Å². The molecule has 84 valence electrons. The monoisotopic (exact) mass is 245 g/mol. The van der Waals surface area contributed by atoms with E-state index < -0.39 is 5.91 Å². The SMILES string of the molecule is N#Cc1cccc(C#N)c1C(=O)N(N)C(N)=S. The van der Waals surface area contributed by atoms with Crippen LogP contribution in [0.4, 0.5) is 0 Å². The minimum absolute atomic E-state index is 0.0424. The number of hydrogen-bond acceptors (Lipinski definition) is 5. The molecule has 0 aliphatic rings. The second-order valence-electron chi connectivity index (χ2n) is 2.97. The lowest BCUT2D eigenvalue weighted by molar-refractivity contribution is 0.0848. The smallest absolute Gasteiger partial charge is 0.277 e. The summed E-state index contributed by atoms with van der Waals surface area (Å²) in [6, 6.07) is 7.92. The fourth-order valence-corrected chi connectivity index (χ4v) is 1.27. The van der Waals surface area contributed by atoms with Crippen LogP contribution in [-0.2, 0) is 0 Å². The molecule has 1 aromatic rings. The van der Waals surface area contributed by atoms with Crippen LogP contribution in [0.5, 0.6) is 0 Å². The fraction of sp³-hybridized carbons (Fsp3) is 0. The van der Waals surface area contributed by atoms with Gasteiger partial charge in [0.25, 0.3) is 5.91 Å². The summed E-state index contributed by atoms with van der Waals surface area (Å²) in [5.41, 5.74) is 5.18. The molecule has 0 radical (unpaired) electrons. The van der Waals surface area contributed by atoms with Crippen LogP contribution in [0, 0.1) is 22.7 Å². The highest BCUT2D eigenvalue weighted by atomic mass is 32.1. The summed E-state index contributed by atoms with van der Waals surface area (Å²) < 4.78 is 0. The first-order valence-corrected chi connectivity index (χ1v) is 4.75. The van der Waals surface area contributed by atoms with Gasteiger partial charge in [0.2, 0.25) is 0 Å². The molecule has 0 unspecified atom stereocenters. The van der Waals surface area contributed by atoms with Crippen LogP contribution in [0.2, 0.25) is 0 Å². The Hall–Kier alpha value is -2.48. The Kier molecular flexibility index (Phi) is 3.73. The topological polar surface area (TPSA) is 120 Å². The number of thiocarbonyl (C=S) groups is 1. The second-order valence-corrected chi connectivity index (χ2v) is 3.38. The maximum Gasteiger partial charge on any atom is 0.277 e. The molecule has 0 bridgehead atoms. The average molecular weight is 245 g/mol. The third-order valence-corrected chi connectivity index (χ3v) is 2.17. The number of benzene rings is 1. The highest BCUT2D eigenvalue weighted by Crippen LogP contribution is 2.15. The van der Waals surface area contributed by atoms with Crippen molar-refractivity contribution >= 4 is 23.2 Å². The molecule has 0 saturated carbocycles. The molecule has 1 amide bonds. The molecule has 0 aliphatic carbocycles. The van der Waals surface area contributed by atoms with Gasteiger partial charge >= 0.3 is 0 Å². The molecule has 0 heterocycles. The van der Waals surface area contributed by atoms with Crippen molar-refractivity contribution in [1.29, 1.82) is 10.5 Å². The molecule has 6 nitrogen and oxygen atoms in total. The Labute approximate surface area is 103 Å². The van der Waals surface area contributed by atoms with Crippen LogP contribution >= 0.6 is 12.2 Å². The van der Waals surface area contributed by atoms with E-state index in [4.69, 9.17) is 22.1 Å². The number of rotatable bonds is 1. The number of hydrogen-bond donors (Lipinski definition) is 2. The Morgan fingerprint density at radius 3 is 2.12 bits per heavy atom. The molecular formula is C10H7N5OS. The Morgan fingerprint density at radius 2 is 1.76 bits per heavy atom. The van der Waals surface area contributed by atoms with Gasteiger partial charge in [-0.25, -0.2) is 10.9 Å². The number of carbonyl (C=O) groups excluding carboxylic acids is 1. The van der Waals surface area contributed by atoms with Crippen molar-refractivity contribution in [2.45, 2.75) is 0 Å². The lowest BCUT2D eigenvalue weighted by atomic mass is 10.0. The summed E-state index contributed by atoms with van der Waals surface area (Å²) in [5, 5.41) is 17.9. The standard InChI is InChI=1S/C10H7N5OS/c11-4-6-2-1-3-7(5-12)8(6)9(16)15(14)10(13)17/h1-3H,14H2,(H2,13,17). The zero-order valence-electron chi connectivity index (χ0n) is 8.54. The van der Waals surface area contributed by atoms with Crippen LogP contribution < -0.4 is 11.6 Å². The van der Waals surface area contributed by atoms with E-state index in [2.05, 4.69) is 12.2 Å². The van der Waals surface area contributed by atoms with Crippen LogP contribution in [0.3, 0.4) is 0 Å². The molecule has 0 atom stereocenters. The Bertz CT molecular complexity index is 537. The zero-order valence-corrected chi connectivity index (χ0v) is 9.36. The van der Waals surface area contributed by atoms with E-state index in [0.717, 1.165) is 0 Å². The van der Waals surface area contributed by atoms with Crippen molar-refractivity contribution in [2.75, 3.05) is 0 Å². The molecule has 1 rings (SSSR count). The minimum Gasteiger partial charge on any atom is -0.375 e. The van der Waals surface area contributed by atoms with E-state index in [1.807, 2.05) is 0 Å². The van der Waals surface area contributed by atoms with Gasteiger partial charge in [-0.05, 0) is 24.4 Å². The molecule has 1 aromatic carbocycles. The van der Waals surface area contributed by atoms with Crippen LogP contribution in [0.25, 0.3) is 0 Å². The van der Waals surface area contributed by atoms with Crippen molar-refractivity contribution < 1.29 is 4.79 Å². The van der Waals surface area contributed by atoms with E-state index >= 15 is 0 Å². The maximum atomic E-state index is 11.9. The second kappa shape index (κ2) is 5.03. The van der Waals surface area contributed by atoms with Crippen molar-refractivity contribution in [2.24, 2.45) is 11.6 Å². The van der Waals surface area contributed by atoms with Crippen LogP contribution in [0.15, 0.2) is 18.2 Å². The van der Waals surface area contributed by atoms with E-state index in [9.17, 15) is 4.79 Å². The molecule has 7 heteroatoms. The maximum absolute atomic E-state index is 11.9. The van der Waals surface area contributed by atoms with Gasteiger partial charge in [0.1, 0.15) is 12.1 Å². The molecule has 4 N–H and O–H groups in total. The first-order valence-electron chi connectivity index (χ1n) is 4.34. The zero-order chi connectivity index (χ0) is 13.0. The van der Waals surface area contributed by atoms with E-state index in [0.29, 0.717) is 5.01 Å². The van der Waals surface area contributed by atoms with Gasteiger partial charge in [-0.1, -0.05) is 6.07 Å².